The molecule has 0 saturated carbocycles. The van der Waals surface area contributed by atoms with Gasteiger partial charge in [-0.1, -0.05) is 5.21 Å². The van der Waals surface area contributed by atoms with Crippen LogP contribution in [0, 0.1) is 6.92 Å². The SMILES string of the molecule is Cc1ncc(NC(=O)c2cc(C(F)(F)F)ccn2)cc1-n1cc(-c2cncc(N3CCCN(C(C)C)CC3)c2)nn1. The Balaban J connectivity index is 1.34. The van der Waals surface area contributed by atoms with Crippen molar-refractivity contribution in [1.82, 2.24) is 34.8 Å². The van der Waals surface area contributed by atoms with Gasteiger partial charge in [-0.15, -0.1) is 5.10 Å². The van der Waals surface area contributed by atoms with E-state index in [1.165, 1.54) is 10.9 Å². The van der Waals surface area contributed by atoms with Gasteiger partial charge in [-0.3, -0.25) is 24.6 Å². The Morgan fingerprint density at radius 2 is 1.85 bits per heavy atom. The zero-order chi connectivity index (χ0) is 29.1. The number of rotatable bonds is 6. The van der Waals surface area contributed by atoms with Crippen LogP contribution in [0.2, 0.25) is 0 Å². The van der Waals surface area contributed by atoms with E-state index in [2.05, 4.69) is 60.3 Å². The summed E-state index contributed by atoms with van der Waals surface area (Å²) in [6, 6.07) is 5.70. The van der Waals surface area contributed by atoms with Gasteiger partial charge in [-0.05, 0) is 51.5 Å². The van der Waals surface area contributed by atoms with Crippen molar-refractivity contribution in [2.75, 3.05) is 36.4 Å². The molecule has 1 aliphatic heterocycles. The number of pyridine rings is 3. The molecule has 0 radical (unpaired) electrons. The summed E-state index contributed by atoms with van der Waals surface area (Å²) in [6.07, 6.45) is 4.19. The lowest BCUT2D eigenvalue weighted by atomic mass is 10.2. The number of aryl methyl sites for hydroxylation is 1. The number of amides is 1. The number of hydrogen-bond donors (Lipinski definition) is 1. The number of carbonyl (C=O) groups is 1. The highest BCUT2D eigenvalue weighted by molar-refractivity contribution is 6.03. The van der Waals surface area contributed by atoms with Gasteiger partial charge >= 0.3 is 6.18 Å². The van der Waals surface area contributed by atoms with Crippen molar-refractivity contribution in [1.29, 1.82) is 0 Å². The van der Waals surface area contributed by atoms with Crippen LogP contribution in [-0.2, 0) is 6.18 Å². The maximum Gasteiger partial charge on any atom is 0.416 e. The van der Waals surface area contributed by atoms with Crippen molar-refractivity contribution in [2.45, 2.75) is 39.4 Å². The molecule has 0 atom stereocenters. The Hall–Kier alpha value is -4.39. The lowest BCUT2D eigenvalue weighted by Crippen LogP contribution is -2.35. The predicted molar refractivity (Wildman–Crippen MR) is 148 cm³/mol. The van der Waals surface area contributed by atoms with Crippen LogP contribution in [0.15, 0.2) is 55.2 Å². The summed E-state index contributed by atoms with van der Waals surface area (Å²) in [4.78, 5) is 30.0. The minimum Gasteiger partial charge on any atom is -0.369 e. The first-order valence-electron chi connectivity index (χ1n) is 13.3. The topological polar surface area (TPSA) is 105 Å². The molecule has 4 aromatic heterocycles. The standard InChI is InChI=1S/C28H30F3N9O/c1-18(2)38-7-4-8-39(10-9-38)23-11-20(14-32-16-23)25-17-40(37-36-25)26-13-22(15-34-19(26)3)35-27(41)24-12-21(5-6-33-24)28(29,30)31/h5-6,11-18H,4,7-10H2,1-3H3,(H,35,41). The maximum absolute atomic E-state index is 13.0. The number of hydrogen-bond acceptors (Lipinski definition) is 8. The maximum atomic E-state index is 13.0. The average molecular weight is 566 g/mol. The lowest BCUT2D eigenvalue weighted by molar-refractivity contribution is -0.137. The van der Waals surface area contributed by atoms with Crippen LogP contribution < -0.4 is 10.2 Å². The smallest absolute Gasteiger partial charge is 0.369 e. The van der Waals surface area contributed by atoms with E-state index in [0.29, 0.717) is 29.2 Å². The zero-order valence-electron chi connectivity index (χ0n) is 22.9. The van der Waals surface area contributed by atoms with Gasteiger partial charge in [0, 0.05) is 50.2 Å². The summed E-state index contributed by atoms with van der Waals surface area (Å²) in [7, 11) is 0. The van der Waals surface area contributed by atoms with Gasteiger partial charge in [0.05, 0.1) is 46.9 Å². The summed E-state index contributed by atoms with van der Waals surface area (Å²) in [5.41, 5.74) is 2.55. The summed E-state index contributed by atoms with van der Waals surface area (Å²) in [5.74, 6) is -0.792. The predicted octanol–water partition coefficient (Wildman–Crippen LogP) is 4.62. The second-order valence-electron chi connectivity index (χ2n) is 10.2. The molecular weight excluding hydrogens is 535 g/mol. The Kier molecular flexibility index (Phi) is 7.97. The molecule has 1 saturated heterocycles. The van der Waals surface area contributed by atoms with Crippen LogP contribution in [0.1, 0.15) is 42.0 Å². The lowest BCUT2D eigenvalue weighted by Gasteiger charge is -2.25. The first-order valence-corrected chi connectivity index (χ1v) is 13.3. The second-order valence-corrected chi connectivity index (χ2v) is 10.2. The van der Waals surface area contributed by atoms with E-state index in [1.54, 1.807) is 25.4 Å². The van der Waals surface area contributed by atoms with E-state index >= 15 is 0 Å². The first-order chi connectivity index (χ1) is 19.6. The van der Waals surface area contributed by atoms with Crippen LogP contribution in [0.3, 0.4) is 0 Å². The second kappa shape index (κ2) is 11.6. The molecule has 41 heavy (non-hydrogen) atoms. The number of halogens is 3. The van der Waals surface area contributed by atoms with Gasteiger partial charge in [-0.25, -0.2) is 4.68 Å². The number of nitrogens with one attached hydrogen (secondary N) is 1. The molecule has 0 bridgehead atoms. The van der Waals surface area contributed by atoms with Gasteiger partial charge in [0.1, 0.15) is 11.4 Å². The summed E-state index contributed by atoms with van der Waals surface area (Å²) in [6.45, 7) is 10.1. The average Bonchev–Trinajstić information content (AvgIpc) is 3.30. The summed E-state index contributed by atoms with van der Waals surface area (Å²) in [5, 5.41) is 11.1. The van der Waals surface area contributed by atoms with Crippen molar-refractivity contribution in [3.63, 3.8) is 0 Å². The fourth-order valence-corrected chi connectivity index (χ4v) is 4.71. The normalized spacial score (nSPS) is 14.8. The highest BCUT2D eigenvalue weighted by atomic mass is 19.4. The van der Waals surface area contributed by atoms with E-state index < -0.39 is 17.6 Å². The Morgan fingerprint density at radius 3 is 2.63 bits per heavy atom. The van der Waals surface area contributed by atoms with Crippen LogP contribution >= 0.6 is 0 Å². The number of anilines is 2. The molecule has 4 aromatic rings. The number of aromatic nitrogens is 6. The molecule has 0 aromatic carbocycles. The van der Waals surface area contributed by atoms with E-state index in [1.807, 2.05) is 6.20 Å². The van der Waals surface area contributed by atoms with Gasteiger partial charge in [0.15, 0.2) is 0 Å². The molecule has 1 N–H and O–H groups in total. The molecule has 5 heterocycles. The summed E-state index contributed by atoms with van der Waals surface area (Å²) < 4.78 is 40.7. The molecule has 13 heteroatoms. The van der Waals surface area contributed by atoms with Crippen LogP contribution in [0.4, 0.5) is 24.5 Å². The van der Waals surface area contributed by atoms with Gasteiger partial charge in [0.25, 0.3) is 5.91 Å². The van der Waals surface area contributed by atoms with Crippen molar-refractivity contribution < 1.29 is 18.0 Å². The molecule has 10 nitrogen and oxygen atoms in total. The fraction of sp³-hybridized carbons (Fsp3) is 0.357. The molecule has 214 valence electrons. The molecule has 5 rings (SSSR count). The van der Waals surface area contributed by atoms with Crippen molar-refractivity contribution in [3.8, 4) is 16.9 Å². The van der Waals surface area contributed by atoms with E-state index in [0.717, 1.165) is 56.1 Å². The summed E-state index contributed by atoms with van der Waals surface area (Å²) >= 11 is 0. The fourth-order valence-electron chi connectivity index (χ4n) is 4.71. The number of alkyl halides is 3. The molecule has 0 spiro atoms. The van der Waals surface area contributed by atoms with E-state index in [-0.39, 0.29) is 11.4 Å². The molecule has 1 fully saturated rings. The number of nitrogens with zero attached hydrogens (tertiary/aromatic N) is 8. The third-order valence-electron chi connectivity index (χ3n) is 7.02. The molecular formula is C28H30F3N9O. The van der Waals surface area contributed by atoms with Crippen LogP contribution in [-0.4, -0.2) is 73.0 Å². The van der Waals surface area contributed by atoms with Gasteiger partial charge < -0.3 is 10.2 Å². The van der Waals surface area contributed by atoms with Crippen molar-refractivity contribution in [3.05, 3.63) is 72.2 Å². The highest BCUT2D eigenvalue weighted by Gasteiger charge is 2.31. The van der Waals surface area contributed by atoms with Crippen LogP contribution in [0.5, 0.6) is 0 Å². The van der Waals surface area contributed by atoms with E-state index in [9.17, 15) is 18.0 Å². The van der Waals surface area contributed by atoms with Crippen LogP contribution in [0.25, 0.3) is 16.9 Å². The molecule has 1 aliphatic rings. The molecule has 0 unspecified atom stereocenters. The third kappa shape index (κ3) is 6.51. The minimum atomic E-state index is -4.58. The molecule has 0 aliphatic carbocycles. The minimum absolute atomic E-state index is 0.270. The monoisotopic (exact) mass is 565 g/mol. The Morgan fingerprint density at radius 1 is 1.02 bits per heavy atom. The molecule has 1 amide bonds. The van der Waals surface area contributed by atoms with Gasteiger partial charge in [-0.2, -0.15) is 13.2 Å². The first kappa shape index (κ1) is 28.1. The largest absolute Gasteiger partial charge is 0.416 e. The highest BCUT2D eigenvalue weighted by Crippen LogP contribution is 2.29. The van der Waals surface area contributed by atoms with Crippen molar-refractivity contribution >= 4 is 17.3 Å². The van der Waals surface area contributed by atoms with E-state index in [4.69, 9.17) is 0 Å². The third-order valence-corrected chi connectivity index (χ3v) is 7.02. The quantitative estimate of drug-likeness (QED) is 0.361. The Labute approximate surface area is 235 Å². The Bertz CT molecular complexity index is 1540. The van der Waals surface area contributed by atoms with Crippen molar-refractivity contribution in [2.24, 2.45) is 0 Å². The zero-order valence-corrected chi connectivity index (χ0v) is 22.9. The number of carbonyl (C=O) groups excluding carboxylic acids is 1. The van der Waals surface area contributed by atoms with Gasteiger partial charge in [0.2, 0.25) is 0 Å².